The van der Waals surface area contributed by atoms with Crippen LogP contribution < -0.4 is 10.9 Å². The quantitative estimate of drug-likeness (QED) is 0.627. The number of methoxy groups -OCH3 is 1. The summed E-state index contributed by atoms with van der Waals surface area (Å²) in [7, 11) is 1.72. The predicted molar refractivity (Wildman–Crippen MR) is 105 cm³/mol. The van der Waals surface area contributed by atoms with Gasteiger partial charge < -0.3 is 14.4 Å². The van der Waals surface area contributed by atoms with Gasteiger partial charge in [0.15, 0.2) is 0 Å². The first-order valence-electron chi connectivity index (χ1n) is 9.14. The number of nitrogens with one attached hydrogen (secondary N) is 2. The van der Waals surface area contributed by atoms with Gasteiger partial charge in [-0.05, 0) is 30.7 Å². The zero-order chi connectivity index (χ0) is 18.6. The fourth-order valence-electron chi connectivity index (χ4n) is 3.62. The number of hydrogen-bond donors (Lipinski definition) is 3. The van der Waals surface area contributed by atoms with Crippen LogP contribution in [-0.2, 0) is 11.3 Å². The molecule has 0 amide bonds. The van der Waals surface area contributed by atoms with Gasteiger partial charge >= 0.3 is 0 Å². The number of hydrazine groups is 1. The van der Waals surface area contributed by atoms with Gasteiger partial charge in [0.05, 0.1) is 24.3 Å². The summed E-state index contributed by atoms with van der Waals surface area (Å²) >= 11 is 0. The molecule has 2 heterocycles. The molecule has 1 fully saturated rings. The number of phenolic OH excluding ortho intramolecular Hbond substituents is 1. The maximum absolute atomic E-state index is 9.67. The van der Waals surface area contributed by atoms with Crippen LogP contribution in [0.5, 0.6) is 5.75 Å². The second-order valence-corrected chi connectivity index (χ2v) is 6.88. The van der Waals surface area contributed by atoms with Gasteiger partial charge in [-0.3, -0.25) is 10.9 Å². The zero-order valence-corrected chi connectivity index (χ0v) is 15.3. The Morgan fingerprint density at radius 3 is 2.52 bits per heavy atom. The molecule has 0 saturated carbocycles. The smallest absolute Gasteiger partial charge is 0.115 e. The van der Waals surface area contributed by atoms with E-state index in [1.165, 1.54) is 0 Å². The summed E-state index contributed by atoms with van der Waals surface area (Å²) in [6.45, 7) is 1.48. The van der Waals surface area contributed by atoms with E-state index in [1.807, 2.05) is 36.7 Å². The Morgan fingerprint density at radius 2 is 1.78 bits per heavy atom. The Bertz CT molecular complexity index is 877. The van der Waals surface area contributed by atoms with E-state index in [-0.39, 0.29) is 5.75 Å². The fourth-order valence-corrected chi connectivity index (χ4v) is 3.62. The lowest BCUT2D eigenvalue weighted by atomic mass is 10.0. The lowest BCUT2D eigenvalue weighted by Gasteiger charge is -2.15. The van der Waals surface area contributed by atoms with Crippen molar-refractivity contribution in [3.63, 3.8) is 0 Å². The first-order valence-corrected chi connectivity index (χ1v) is 9.14. The zero-order valence-electron chi connectivity index (χ0n) is 15.3. The predicted octanol–water partition coefficient (Wildman–Crippen LogP) is 2.80. The standard InChI is InChI=1S/C21H24N4O2/c1-27-13-18-11-17(23-24-18)12-25-14-22-20(15-5-3-2-4-6-15)21(25)16-7-9-19(26)10-8-16/h2-10,14,17-18,23-24,26H,11-13H2,1H3. The van der Waals surface area contributed by atoms with Crippen molar-refractivity contribution in [3.05, 3.63) is 60.9 Å². The van der Waals surface area contributed by atoms with E-state index in [4.69, 9.17) is 9.72 Å². The minimum Gasteiger partial charge on any atom is -0.508 e. The fraction of sp³-hybridized carbons (Fsp3) is 0.286. The van der Waals surface area contributed by atoms with E-state index >= 15 is 0 Å². The molecule has 2 unspecified atom stereocenters. The third-order valence-corrected chi connectivity index (χ3v) is 4.87. The summed E-state index contributed by atoms with van der Waals surface area (Å²) in [5.74, 6) is 0.259. The average Bonchev–Trinajstić information content (AvgIpc) is 3.31. The Kier molecular flexibility index (Phi) is 5.20. The van der Waals surface area contributed by atoms with Gasteiger partial charge in [0, 0.05) is 36.9 Å². The SMILES string of the molecule is COCC1CC(Cn2cnc(-c3ccccc3)c2-c2ccc(O)cc2)NN1. The van der Waals surface area contributed by atoms with E-state index in [2.05, 4.69) is 27.6 Å². The Hall–Kier alpha value is -2.67. The molecule has 1 saturated heterocycles. The molecule has 3 N–H and O–H groups in total. The molecule has 6 heteroatoms. The van der Waals surface area contributed by atoms with Crippen molar-refractivity contribution in [1.82, 2.24) is 20.4 Å². The number of aromatic hydroxyl groups is 1. The lowest BCUT2D eigenvalue weighted by molar-refractivity contribution is 0.171. The van der Waals surface area contributed by atoms with E-state index in [0.717, 1.165) is 35.5 Å². The van der Waals surface area contributed by atoms with Crippen molar-refractivity contribution in [3.8, 4) is 28.3 Å². The maximum atomic E-state index is 9.67. The third-order valence-electron chi connectivity index (χ3n) is 4.87. The highest BCUT2D eigenvalue weighted by atomic mass is 16.5. The molecule has 27 heavy (non-hydrogen) atoms. The second-order valence-electron chi connectivity index (χ2n) is 6.88. The molecule has 1 aromatic heterocycles. The number of ether oxygens (including phenoxy) is 1. The minimum atomic E-state index is 0.259. The monoisotopic (exact) mass is 364 g/mol. The van der Waals surface area contributed by atoms with E-state index in [0.29, 0.717) is 18.7 Å². The number of imidazole rings is 1. The summed E-state index contributed by atoms with van der Waals surface area (Å²) in [5, 5.41) is 9.67. The summed E-state index contributed by atoms with van der Waals surface area (Å²) in [6, 6.07) is 18.1. The van der Waals surface area contributed by atoms with Crippen molar-refractivity contribution >= 4 is 0 Å². The summed E-state index contributed by atoms with van der Waals surface area (Å²) in [6.07, 6.45) is 2.89. The molecule has 140 valence electrons. The Morgan fingerprint density at radius 1 is 1.04 bits per heavy atom. The molecule has 0 aliphatic carbocycles. The molecule has 4 rings (SSSR count). The van der Waals surface area contributed by atoms with Crippen molar-refractivity contribution in [2.45, 2.75) is 25.0 Å². The van der Waals surface area contributed by atoms with E-state index < -0.39 is 0 Å². The van der Waals surface area contributed by atoms with Gasteiger partial charge in [0.1, 0.15) is 5.75 Å². The number of phenols is 1. The average molecular weight is 364 g/mol. The molecule has 0 bridgehead atoms. The van der Waals surface area contributed by atoms with E-state index in [9.17, 15) is 5.11 Å². The molecule has 1 aliphatic rings. The first kappa shape index (κ1) is 17.7. The molecular formula is C21H24N4O2. The van der Waals surface area contributed by atoms with Crippen LogP contribution in [0, 0.1) is 0 Å². The van der Waals surface area contributed by atoms with Crippen LogP contribution in [0.1, 0.15) is 6.42 Å². The Balaban J connectivity index is 1.67. The third kappa shape index (κ3) is 3.88. The molecule has 0 radical (unpaired) electrons. The number of benzene rings is 2. The highest BCUT2D eigenvalue weighted by molar-refractivity contribution is 5.78. The van der Waals surface area contributed by atoms with Crippen LogP contribution in [0.25, 0.3) is 22.5 Å². The molecule has 1 aliphatic heterocycles. The number of hydrogen-bond acceptors (Lipinski definition) is 5. The molecular weight excluding hydrogens is 340 g/mol. The first-order chi connectivity index (χ1) is 13.2. The van der Waals surface area contributed by atoms with Crippen molar-refractivity contribution < 1.29 is 9.84 Å². The normalized spacial score (nSPS) is 19.4. The van der Waals surface area contributed by atoms with Gasteiger partial charge in [0.2, 0.25) is 0 Å². The van der Waals surface area contributed by atoms with Crippen LogP contribution in [0.15, 0.2) is 60.9 Å². The van der Waals surface area contributed by atoms with Crippen molar-refractivity contribution in [2.75, 3.05) is 13.7 Å². The minimum absolute atomic E-state index is 0.259. The molecule has 6 nitrogen and oxygen atoms in total. The van der Waals surface area contributed by atoms with Crippen molar-refractivity contribution in [2.24, 2.45) is 0 Å². The van der Waals surface area contributed by atoms with Gasteiger partial charge in [-0.2, -0.15) is 0 Å². The lowest BCUT2D eigenvalue weighted by Crippen LogP contribution is -2.36. The molecule has 2 aromatic carbocycles. The summed E-state index contributed by atoms with van der Waals surface area (Å²) in [5.41, 5.74) is 10.8. The number of nitrogens with zero attached hydrogens (tertiary/aromatic N) is 2. The highest BCUT2D eigenvalue weighted by Gasteiger charge is 2.25. The van der Waals surface area contributed by atoms with Crippen LogP contribution in [0.4, 0.5) is 0 Å². The van der Waals surface area contributed by atoms with Crippen molar-refractivity contribution in [1.29, 1.82) is 0 Å². The van der Waals surface area contributed by atoms with Gasteiger partial charge in [-0.25, -0.2) is 4.98 Å². The van der Waals surface area contributed by atoms with E-state index in [1.54, 1.807) is 19.2 Å². The largest absolute Gasteiger partial charge is 0.508 e. The second kappa shape index (κ2) is 7.92. The summed E-state index contributed by atoms with van der Waals surface area (Å²) in [4.78, 5) is 4.71. The van der Waals surface area contributed by atoms with Crippen LogP contribution in [0.3, 0.4) is 0 Å². The molecule has 0 spiro atoms. The molecule has 3 aromatic rings. The highest BCUT2D eigenvalue weighted by Crippen LogP contribution is 2.32. The topological polar surface area (TPSA) is 71.3 Å². The number of rotatable bonds is 6. The van der Waals surface area contributed by atoms with Crippen LogP contribution in [0.2, 0.25) is 0 Å². The van der Waals surface area contributed by atoms with Gasteiger partial charge in [0.25, 0.3) is 0 Å². The Labute approximate surface area is 158 Å². The molecule has 2 atom stereocenters. The van der Waals surface area contributed by atoms with Crippen LogP contribution >= 0.6 is 0 Å². The number of aromatic nitrogens is 2. The van der Waals surface area contributed by atoms with Crippen LogP contribution in [-0.4, -0.2) is 40.5 Å². The van der Waals surface area contributed by atoms with Gasteiger partial charge in [-0.15, -0.1) is 0 Å². The summed E-state index contributed by atoms with van der Waals surface area (Å²) < 4.78 is 7.43. The van der Waals surface area contributed by atoms with Gasteiger partial charge in [-0.1, -0.05) is 30.3 Å². The maximum Gasteiger partial charge on any atom is 0.115 e.